The number of rotatable bonds is 6. The predicted octanol–water partition coefficient (Wildman–Crippen LogP) is 5.02. The van der Waals surface area contributed by atoms with Crippen molar-refractivity contribution in [3.8, 4) is 0 Å². The van der Waals surface area contributed by atoms with Crippen LogP contribution in [0.25, 0.3) is 0 Å². The van der Waals surface area contributed by atoms with Crippen molar-refractivity contribution in [3.63, 3.8) is 0 Å². The fourth-order valence-electron chi connectivity index (χ4n) is 5.75. The first kappa shape index (κ1) is 32.6. The van der Waals surface area contributed by atoms with Gasteiger partial charge < -0.3 is 15.1 Å². The standard InChI is InChI=1S/C27H25F8NO6S/c28-19-5-7-20(8-6-19)43(41,42)24(17-1-3-18(4-2-17)25(29,26(30,31)32)27(33,34)35)13-14-36(15-24)22(39)23(40)11-9-16(10-12-23)21(37)38/h1-8,16,40H,9-15H2,(H,37,38). The molecular weight excluding hydrogens is 618 g/mol. The summed E-state index contributed by atoms with van der Waals surface area (Å²) in [7, 11) is -4.67. The lowest BCUT2D eigenvalue weighted by atomic mass is 9.78. The number of likely N-dealkylation sites (tertiary alicyclic amines) is 1. The topological polar surface area (TPSA) is 112 Å². The molecule has 2 fully saturated rings. The number of aliphatic hydroxyl groups is 1. The molecule has 1 aliphatic carbocycles. The molecule has 2 N–H and O–H groups in total. The Morgan fingerprint density at radius 3 is 1.81 bits per heavy atom. The Bertz CT molecular complexity index is 1470. The van der Waals surface area contributed by atoms with E-state index in [1.165, 1.54) is 0 Å². The molecule has 0 radical (unpaired) electrons. The van der Waals surface area contributed by atoms with E-state index in [2.05, 4.69) is 0 Å². The molecule has 2 aliphatic rings. The first-order valence-corrected chi connectivity index (χ1v) is 14.4. The fourth-order valence-corrected chi connectivity index (χ4v) is 7.82. The van der Waals surface area contributed by atoms with Crippen molar-refractivity contribution in [2.75, 3.05) is 13.1 Å². The molecule has 1 heterocycles. The molecule has 1 atom stereocenters. The van der Waals surface area contributed by atoms with Crippen LogP contribution in [-0.4, -0.2) is 66.5 Å². The van der Waals surface area contributed by atoms with E-state index in [0.717, 1.165) is 29.2 Å². The van der Waals surface area contributed by atoms with Crippen molar-refractivity contribution in [3.05, 3.63) is 65.5 Å². The number of hydrogen-bond donors (Lipinski definition) is 2. The Balaban J connectivity index is 1.77. The van der Waals surface area contributed by atoms with Gasteiger partial charge in [-0.3, -0.25) is 9.59 Å². The third-order valence-electron chi connectivity index (χ3n) is 8.31. The number of carboxylic acids is 1. The summed E-state index contributed by atoms with van der Waals surface area (Å²) in [5.74, 6) is -3.66. The number of benzene rings is 2. The molecule has 16 heteroatoms. The van der Waals surface area contributed by atoms with E-state index in [-0.39, 0.29) is 49.9 Å². The first-order valence-electron chi connectivity index (χ1n) is 12.9. The van der Waals surface area contributed by atoms with Crippen molar-refractivity contribution in [2.24, 2.45) is 5.92 Å². The monoisotopic (exact) mass is 643 g/mol. The number of carbonyl (C=O) groups excluding carboxylic acids is 1. The Morgan fingerprint density at radius 2 is 1.35 bits per heavy atom. The van der Waals surface area contributed by atoms with Gasteiger partial charge in [0, 0.05) is 18.7 Å². The molecule has 1 unspecified atom stereocenters. The van der Waals surface area contributed by atoms with Crippen LogP contribution in [0.1, 0.15) is 43.2 Å². The van der Waals surface area contributed by atoms with Crippen LogP contribution in [0.15, 0.2) is 53.4 Å². The molecule has 1 saturated carbocycles. The minimum Gasteiger partial charge on any atom is -0.481 e. The smallest absolute Gasteiger partial charge is 0.435 e. The van der Waals surface area contributed by atoms with E-state index < -0.39 is 85.2 Å². The van der Waals surface area contributed by atoms with Gasteiger partial charge in [0.15, 0.2) is 9.84 Å². The molecule has 2 aromatic carbocycles. The van der Waals surface area contributed by atoms with Gasteiger partial charge in [-0.05, 0) is 61.9 Å². The lowest BCUT2D eigenvalue weighted by molar-refractivity contribution is -0.348. The van der Waals surface area contributed by atoms with Gasteiger partial charge in [-0.2, -0.15) is 26.3 Å². The molecule has 1 saturated heterocycles. The normalized spacial score (nSPS) is 25.5. The molecule has 1 aliphatic heterocycles. The summed E-state index contributed by atoms with van der Waals surface area (Å²) in [5, 5.41) is 20.3. The van der Waals surface area contributed by atoms with Gasteiger partial charge in [-0.25, -0.2) is 17.2 Å². The number of halogens is 8. The van der Waals surface area contributed by atoms with Crippen molar-refractivity contribution in [1.29, 1.82) is 0 Å². The van der Waals surface area contributed by atoms with Crippen molar-refractivity contribution < 1.29 is 63.3 Å². The summed E-state index contributed by atoms with van der Waals surface area (Å²) in [6, 6.07) is 4.96. The minimum atomic E-state index is -6.41. The van der Waals surface area contributed by atoms with Gasteiger partial charge in [0.05, 0.1) is 10.8 Å². The number of amides is 1. The quantitative estimate of drug-likeness (QED) is 0.338. The molecular formula is C27H25F8NO6S. The lowest BCUT2D eigenvalue weighted by Crippen LogP contribution is -2.52. The second-order valence-corrected chi connectivity index (χ2v) is 13.1. The summed E-state index contributed by atoms with van der Waals surface area (Å²) in [4.78, 5) is 25.2. The number of hydrogen-bond acceptors (Lipinski definition) is 5. The van der Waals surface area contributed by atoms with Crippen LogP contribution in [-0.2, 0) is 29.8 Å². The maximum atomic E-state index is 14.7. The molecule has 1 amide bonds. The van der Waals surface area contributed by atoms with Crippen LogP contribution in [0.5, 0.6) is 0 Å². The number of nitrogens with zero attached hydrogens (tertiary/aromatic N) is 1. The first-order chi connectivity index (χ1) is 19.7. The van der Waals surface area contributed by atoms with Gasteiger partial charge in [0.2, 0.25) is 0 Å². The number of carboxylic acid groups (broad SMARTS) is 1. The van der Waals surface area contributed by atoms with Gasteiger partial charge >= 0.3 is 24.0 Å². The van der Waals surface area contributed by atoms with Crippen LogP contribution in [0, 0.1) is 11.7 Å². The predicted molar refractivity (Wildman–Crippen MR) is 132 cm³/mol. The molecule has 0 bridgehead atoms. The highest BCUT2D eigenvalue weighted by Crippen LogP contribution is 2.54. The molecule has 0 spiro atoms. The van der Waals surface area contributed by atoms with Gasteiger partial charge in [-0.15, -0.1) is 0 Å². The fraction of sp³-hybridized carbons (Fsp3) is 0.481. The van der Waals surface area contributed by atoms with E-state index >= 15 is 0 Å². The molecule has 0 aromatic heterocycles. The molecule has 43 heavy (non-hydrogen) atoms. The molecule has 4 rings (SSSR count). The summed E-state index contributed by atoms with van der Waals surface area (Å²) < 4.78 is 134. The average Bonchev–Trinajstić information content (AvgIpc) is 3.39. The summed E-state index contributed by atoms with van der Waals surface area (Å²) in [6.45, 7) is -1.04. The summed E-state index contributed by atoms with van der Waals surface area (Å²) in [6.07, 6.45) is -13.8. The molecule has 7 nitrogen and oxygen atoms in total. The zero-order chi connectivity index (χ0) is 32.2. The van der Waals surface area contributed by atoms with E-state index in [1.807, 2.05) is 0 Å². The van der Waals surface area contributed by atoms with Crippen LogP contribution in [0.3, 0.4) is 0 Å². The number of sulfone groups is 1. The van der Waals surface area contributed by atoms with Crippen LogP contribution >= 0.6 is 0 Å². The lowest BCUT2D eigenvalue weighted by Gasteiger charge is -2.37. The highest BCUT2D eigenvalue weighted by Gasteiger charge is 2.73. The highest BCUT2D eigenvalue weighted by molar-refractivity contribution is 7.92. The van der Waals surface area contributed by atoms with Gasteiger partial charge in [-0.1, -0.05) is 24.3 Å². The molecule has 236 valence electrons. The van der Waals surface area contributed by atoms with E-state index in [4.69, 9.17) is 0 Å². The van der Waals surface area contributed by atoms with E-state index in [0.29, 0.717) is 12.1 Å². The Kier molecular flexibility index (Phi) is 8.13. The number of aliphatic carboxylic acids is 1. The van der Waals surface area contributed by atoms with Crippen LogP contribution in [0.4, 0.5) is 35.1 Å². The zero-order valence-corrected chi connectivity index (χ0v) is 22.9. The second-order valence-electron chi connectivity index (χ2n) is 10.8. The third kappa shape index (κ3) is 5.36. The zero-order valence-electron chi connectivity index (χ0n) is 22.1. The Morgan fingerprint density at radius 1 is 0.837 bits per heavy atom. The van der Waals surface area contributed by atoms with Gasteiger partial charge in [0.1, 0.15) is 16.2 Å². The summed E-state index contributed by atoms with van der Waals surface area (Å²) in [5.41, 5.74) is -10.0. The van der Waals surface area contributed by atoms with Gasteiger partial charge in [0.25, 0.3) is 5.91 Å². The largest absolute Gasteiger partial charge is 0.481 e. The average molecular weight is 644 g/mol. The van der Waals surface area contributed by atoms with E-state index in [9.17, 15) is 63.3 Å². The van der Waals surface area contributed by atoms with Crippen molar-refractivity contribution in [1.82, 2.24) is 4.90 Å². The van der Waals surface area contributed by atoms with Crippen LogP contribution in [0.2, 0.25) is 0 Å². The van der Waals surface area contributed by atoms with E-state index in [1.54, 1.807) is 0 Å². The number of alkyl halides is 7. The number of carbonyl (C=O) groups is 2. The minimum absolute atomic E-state index is 0.0463. The Labute approximate surface area is 240 Å². The van der Waals surface area contributed by atoms with Crippen molar-refractivity contribution >= 4 is 21.7 Å². The van der Waals surface area contributed by atoms with Crippen molar-refractivity contribution in [2.45, 2.75) is 65.4 Å². The Hall–Kier alpha value is -3.27. The second kappa shape index (κ2) is 10.7. The SMILES string of the molecule is O=C(O)C1CCC(O)(C(=O)N2CCC(c3ccc(C(F)(C(F)(F)F)C(F)(F)F)cc3)(S(=O)(=O)c3ccc(F)cc3)C2)CC1. The molecule has 2 aromatic rings. The third-order valence-corrected chi connectivity index (χ3v) is 10.8. The van der Waals surface area contributed by atoms with Crippen LogP contribution < -0.4 is 0 Å². The maximum Gasteiger partial charge on any atom is 0.435 e. The highest BCUT2D eigenvalue weighted by atomic mass is 32.2. The maximum absolute atomic E-state index is 14.7. The summed E-state index contributed by atoms with van der Waals surface area (Å²) >= 11 is 0.